The van der Waals surface area contributed by atoms with E-state index in [2.05, 4.69) is 10.2 Å². The molecule has 0 amide bonds. The maximum absolute atomic E-state index is 9.41. The Labute approximate surface area is 109 Å². The number of hydrogen-bond donors (Lipinski definition) is 3. The van der Waals surface area contributed by atoms with Crippen molar-refractivity contribution in [3.63, 3.8) is 0 Å². The summed E-state index contributed by atoms with van der Waals surface area (Å²) >= 11 is 0. The van der Waals surface area contributed by atoms with Crippen molar-refractivity contribution in [2.24, 2.45) is 0 Å². The molecule has 1 aliphatic heterocycles. The third-order valence-electron chi connectivity index (χ3n) is 3.44. The minimum atomic E-state index is 0.143. The van der Waals surface area contributed by atoms with E-state index >= 15 is 0 Å². The molecule has 100 valence electrons. The number of nitrogen functional groups attached to an aromatic ring is 1. The van der Waals surface area contributed by atoms with Crippen LogP contribution in [0, 0.1) is 0 Å². The number of nitrogens with one attached hydrogen (secondary N) is 1. The number of rotatable bonds is 6. The van der Waals surface area contributed by atoms with Crippen molar-refractivity contribution in [2.75, 3.05) is 32.0 Å². The van der Waals surface area contributed by atoms with Gasteiger partial charge in [0.25, 0.3) is 0 Å². The zero-order valence-electron chi connectivity index (χ0n) is 10.8. The molecule has 1 aliphatic rings. The maximum Gasteiger partial charge on any atom is 0.0597 e. The maximum atomic E-state index is 9.41. The second-order valence-electron chi connectivity index (χ2n) is 5.01. The quantitative estimate of drug-likeness (QED) is 0.653. The van der Waals surface area contributed by atoms with E-state index in [9.17, 15) is 5.11 Å². The Bertz CT molecular complexity index is 364. The van der Waals surface area contributed by atoms with Gasteiger partial charge in [0.05, 0.1) is 6.61 Å². The highest BCUT2D eigenvalue weighted by molar-refractivity contribution is 5.40. The molecule has 1 aromatic rings. The van der Waals surface area contributed by atoms with Crippen molar-refractivity contribution in [1.29, 1.82) is 0 Å². The van der Waals surface area contributed by atoms with Gasteiger partial charge in [-0.3, -0.25) is 0 Å². The molecule has 1 unspecified atom stereocenters. The molecule has 1 fully saturated rings. The molecule has 2 rings (SSSR count). The molecule has 1 atom stereocenters. The van der Waals surface area contributed by atoms with Crippen LogP contribution in [0.3, 0.4) is 0 Å². The third-order valence-corrected chi connectivity index (χ3v) is 3.44. The number of likely N-dealkylation sites (tertiary alicyclic amines) is 1. The number of aliphatic hydroxyl groups is 1. The first kappa shape index (κ1) is 13.3. The lowest BCUT2D eigenvalue weighted by molar-refractivity contribution is 0.197. The number of hydrogen-bond acceptors (Lipinski definition) is 4. The summed E-state index contributed by atoms with van der Waals surface area (Å²) in [6, 6.07) is 8.01. The molecule has 1 heterocycles. The molecular formula is C14H23N3O. The summed E-state index contributed by atoms with van der Waals surface area (Å²) in [4.78, 5) is 2.41. The van der Waals surface area contributed by atoms with Gasteiger partial charge in [0.1, 0.15) is 0 Å². The van der Waals surface area contributed by atoms with E-state index in [1.54, 1.807) is 0 Å². The van der Waals surface area contributed by atoms with E-state index in [1.165, 1.54) is 12.8 Å². The second-order valence-corrected chi connectivity index (χ2v) is 5.01. The molecule has 0 aromatic heterocycles. The first-order valence-corrected chi connectivity index (χ1v) is 6.69. The van der Waals surface area contributed by atoms with Crippen LogP contribution >= 0.6 is 0 Å². The Morgan fingerprint density at radius 1 is 1.33 bits per heavy atom. The monoisotopic (exact) mass is 249 g/mol. The van der Waals surface area contributed by atoms with Gasteiger partial charge in [-0.15, -0.1) is 0 Å². The van der Waals surface area contributed by atoms with E-state index in [-0.39, 0.29) is 12.6 Å². The fourth-order valence-corrected chi connectivity index (χ4v) is 2.43. The van der Waals surface area contributed by atoms with Crippen LogP contribution in [0.2, 0.25) is 0 Å². The van der Waals surface area contributed by atoms with Crippen molar-refractivity contribution in [3.8, 4) is 0 Å². The number of anilines is 1. The smallest absolute Gasteiger partial charge is 0.0597 e. The van der Waals surface area contributed by atoms with Crippen LogP contribution in [0.25, 0.3) is 0 Å². The minimum Gasteiger partial charge on any atom is -0.399 e. The second kappa shape index (κ2) is 6.73. The summed E-state index contributed by atoms with van der Waals surface area (Å²) in [5.41, 5.74) is 7.69. The molecule has 0 spiro atoms. The largest absolute Gasteiger partial charge is 0.399 e. The number of nitrogens with zero attached hydrogens (tertiary/aromatic N) is 1. The van der Waals surface area contributed by atoms with Crippen LogP contribution < -0.4 is 11.1 Å². The van der Waals surface area contributed by atoms with E-state index in [1.807, 2.05) is 24.3 Å². The highest BCUT2D eigenvalue weighted by Crippen LogP contribution is 2.09. The van der Waals surface area contributed by atoms with Crippen LogP contribution in [-0.4, -0.2) is 42.3 Å². The zero-order valence-corrected chi connectivity index (χ0v) is 10.8. The summed E-state index contributed by atoms with van der Waals surface area (Å²) in [5.74, 6) is 0. The molecule has 4 N–H and O–H groups in total. The summed E-state index contributed by atoms with van der Waals surface area (Å²) < 4.78 is 0. The van der Waals surface area contributed by atoms with Gasteiger partial charge in [-0.25, -0.2) is 0 Å². The fourth-order valence-electron chi connectivity index (χ4n) is 2.43. The normalized spacial score (nSPS) is 18.1. The fraction of sp³-hybridized carbons (Fsp3) is 0.571. The molecule has 0 bridgehead atoms. The van der Waals surface area contributed by atoms with Gasteiger partial charge in [-0.2, -0.15) is 0 Å². The van der Waals surface area contributed by atoms with E-state index < -0.39 is 0 Å². The molecule has 1 aromatic carbocycles. The number of benzene rings is 1. The van der Waals surface area contributed by atoms with Crippen molar-refractivity contribution in [1.82, 2.24) is 10.2 Å². The minimum absolute atomic E-state index is 0.143. The molecule has 4 heteroatoms. The number of aliphatic hydroxyl groups excluding tert-OH is 1. The molecule has 0 saturated carbocycles. The summed E-state index contributed by atoms with van der Waals surface area (Å²) in [6.45, 7) is 4.19. The van der Waals surface area contributed by atoms with Gasteiger partial charge >= 0.3 is 0 Å². The summed E-state index contributed by atoms with van der Waals surface area (Å²) in [5, 5.41) is 12.8. The van der Waals surface area contributed by atoms with Gasteiger partial charge in [-0.1, -0.05) is 12.1 Å². The van der Waals surface area contributed by atoms with E-state index in [0.717, 1.165) is 37.4 Å². The van der Waals surface area contributed by atoms with Gasteiger partial charge < -0.3 is 21.1 Å². The Balaban J connectivity index is 1.79. The molecular weight excluding hydrogens is 226 g/mol. The Morgan fingerprint density at radius 2 is 2.11 bits per heavy atom. The zero-order chi connectivity index (χ0) is 12.8. The first-order chi connectivity index (χ1) is 8.78. The predicted octanol–water partition coefficient (Wildman–Crippen LogP) is 0.815. The van der Waals surface area contributed by atoms with Gasteiger partial charge in [0.15, 0.2) is 0 Å². The van der Waals surface area contributed by atoms with Crippen molar-refractivity contribution < 1.29 is 5.11 Å². The highest BCUT2D eigenvalue weighted by atomic mass is 16.3. The van der Waals surface area contributed by atoms with Gasteiger partial charge in [0, 0.05) is 24.8 Å². The molecule has 0 aliphatic carbocycles. The van der Waals surface area contributed by atoms with Gasteiger partial charge in [-0.05, 0) is 43.6 Å². The lowest BCUT2D eigenvalue weighted by atomic mass is 10.2. The summed E-state index contributed by atoms with van der Waals surface area (Å²) in [6.07, 6.45) is 2.57. The average molecular weight is 249 g/mol. The first-order valence-electron chi connectivity index (χ1n) is 6.69. The SMILES string of the molecule is Nc1cccc(CNC(CO)CN2CCCC2)c1. The van der Waals surface area contributed by atoms with Crippen LogP contribution in [0.1, 0.15) is 18.4 Å². The predicted molar refractivity (Wildman–Crippen MR) is 74.2 cm³/mol. The van der Waals surface area contributed by atoms with E-state index in [4.69, 9.17) is 5.73 Å². The van der Waals surface area contributed by atoms with Crippen LogP contribution in [0.5, 0.6) is 0 Å². The standard InChI is InChI=1S/C14H23N3O/c15-13-5-3-4-12(8-13)9-16-14(11-18)10-17-6-1-2-7-17/h3-5,8,14,16,18H,1-2,6-7,9-11,15H2. The van der Waals surface area contributed by atoms with Crippen molar-refractivity contribution in [2.45, 2.75) is 25.4 Å². The molecule has 4 nitrogen and oxygen atoms in total. The van der Waals surface area contributed by atoms with Gasteiger partial charge in [0.2, 0.25) is 0 Å². The molecule has 0 radical (unpaired) electrons. The van der Waals surface area contributed by atoms with Crippen molar-refractivity contribution >= 4 is 5.69 Å². The highest BCUT2D eigenvalue weighted by Gasteiger charge is 2.16. The lowest BCUT2D eigenvalue weighted by Gasteiger charge is -2.23. The lowest BCUT2D eigenvalue weighted by Crippen LogP contribution is -2.42. The van der Waals surface area contributed by atoms with Crippen LogP contribution in [0.15, 0.2) is 24.3 Å². The Morgan fingerprint density at radius 3 is 2.78 bits per heavy atom. The molecule has 1 saturated heterocycles. The van der Waals surface area contributed by atoms with E-state index in [0.29, 0.717) is 0 Å². The average Bonchev–Trinajstić information content (AvgIpc) is 2.87. The third kappa shape index (κ3) is 3.98. The Hall–Kier alpha value is -1.10. The van der Waals surface area contributed by atoms with Crippen molar-refractivity contribution in [3.05, 3.63) is 29.8 Å². The summed E-state index contributed by atoms with van der Waals surface area (Å²) in [7, 11) is 0. The van der Waals surface area contributed by atoms with Crippen LogP contribution in [0.4, 0.5) is 5.69 Å². The van der Waals surface area contributed by atoms with Crippen LogP contribution in [-0.2, 0) is 6.54 Å². The number of nitrogens with two attached hydrogens (primary N) is 1. The molecule has 18 heavy (non-hydrogen) atoms. The Kier molecular flexibility index (Phi) is 4.99. The topological polar surface area (TPSA) is 61.5 Å².